The molecule has 0 saturated carbocycles. The number of sulfonamides is 1. The van der Waals surface area contributed by atoms with E-state index in [2.05, 4.69) is 19.7 Å². The fraction of sp³-hybridized carbons (Fsp3) is 0.0833. The molecule has 0 spiro atoms. The minimum absolute atomic E-state index is 0.102. The second-order valence-electron chi connectivity index (χ2n) is 3.83. The van der Waals surface area contributed by atoms with Gasteiger partial charge < -0.3 is 0 Å². The molecule has 2 rings (SSSR count). The van der Waals surface area contributed by atoms with Gasteiger partial charge in [-0.15, -0.1) is 0 Å². The predicted octanol–water partition coefficient (Wildman–Crippen LogP) is 2.50. The quantitative estimate of drug-likeness (QED) is 0.519. The summed E-state index contributed by atoms with van der Waals surface area (Å²) in [4.78, 5) is 6.76. The van der Waals surface area contributed by atoms with E-state index in [9.17, 15) is 8.42 Å². The first-order valence-corrected chi connectivity index (χ1v) is 7.15. The van der Waals surface area contributed by atoms with Crippen molar-refractivity contribution in [1.82, 2.24) is 9.71 Å². The van der Waals surface area contributed by atoms with E-state index in [-0.39, 0.29) is 11.4 Å². The molecule has 20 heavy (non-hydrogen) atoms. The normalized spacial score (nSPS) is 10.8. The van der Waals surface area contributed by atoms with Crippen LogP contribution in [0.1, 0.15) is 5.69 Å². The highest BCUT2D eigenvalue weighted by Gasteiger charge is 2.13. The Bertz CT molecular complexity index is 722. The Morgan fingerprint density at radius 2 is 1.95 bits per heavy atom. The zero-order chi connectivity index (χ0) is 14.4. The van der Waals surface area contributed by atoms with Crippen molar-refractivity contribution in [2.24, 2.45) is 5.11 Å². The van der Waals surface area contributed by atoms with Gasteiger partial charge in [0.25, 0.3) is 0 Å². The van der Waals surface area contributed by atoms with E-state index in [4.69, 9.17) is 5.53 Å². The molecule has 0 aliphatic rings. The molecule has 1 N–H and O–H groups in total. The van der Waals surface area contributed by atoms with E-state index in [1.807, 2.05) is 0 Å². The third-order valence-electron chi connectivity index (χ3n) is 2.48. The van der Waals surface area contributed by atoms with Crippen LogP contribution in [0.4, 0.5) is 5.69 Å². The van der Waals surface area contributed by atoms with Crippen LogP contribution < -0.4 is 4.72 Å². The van der Waals surface area contributed by atoms with Gasteiger partial charge in [0.2, 0.25) is 10.0 Å². The molecule has 2 aromatic rings. The zero-order valence-electron chi connectivity index (χ0n) is 10.3. The molecule has 0 bridgehead atoms. The molecule has 1 aromatic carbocycles. The fourth-order valence-electron chi connectivity index (χ4n) is 1.50. The number of azide groups is 1. The molecule has 1 aromatic heterocycles. The number of aromatic nitrogens is 1. The molecule has 0 fully saturated rings. The van der Waals surface area contributed by atoms with E-state index < -0.39 is 10.0 Å². The average molecular weight is 289 g/mol. The highest BCUT2D eigenvalue weighted by Crippen LogP contribution is 2.16. The molecular weight excluding hydrogens is 278 g/mol. The Morgan fingerprint density at radius 1 is 1.20 bits per heavy atom. The smallest absolute Gasteiger partial charge is 0.240 e. The fourth-order valence-corrected chi connectivity index (χ4v) is 2.50. The van der Waals surface area contributed by atoms with Crippen LogP contribution >= 0.6 is 0 Å². The van der Waals surface area contributed by atoms with Crippen molar-refractivity contribution in [3.05, 3.63) is 64.8 Å². The van der Waals surface area contributed by atoms with Gasteiger partial charge in [-0.05, 0) is 29.8 Å². The van der Waals surface area contributed by atoms with Crippen LogP contribution in [0.15, 0.2) is 58.7 Å². The number of rotatable bonds is 5. The summed E-state index contributed by atoms with van der Waals surface area (Å²) in [6.07, 6.45) is 1.60. The van der Waals surface area contributed by atoms with Gasteiger partial charge in [-0.25, -0.2) is 13.1 Å². The largest absolute Gasteiger partial charge is 0.260 e. The Labute approximate surface area is 116 Å². The van der Waals surface area contributed by atoms with Crippen molar-refractivity contribution < 1.29 is 8.42 Å². The third kappa shape index (κ3) is 3.55. The van der Waals surface area contributed by atoms with Crippen LogP contribution in [0.25, 0.3) is 10.4 Å². The van der Waals surface area contributed by atoms with Crippen LogP contribution in [0, 0.1) is 0 Å². The van der Waals surface area contributed by atoms with E-state index >= 15 is 0 Å². The summed E-state index contributed by atoms with van der Waals surface area (Å²) in [5.41, 5.74) is 9.26. The van der Waals surface area contributed by atoms with Crippen molar-refractivity contribution in [2.45, 2.75) is 11.4 Å². The first kappa shape index (κ1) is 14.0. The van der Waals surface area contributed by atoms with Crippen molar-refractivity contribution in [1.29, 1.82) is 0 Å². The molecule has 0 aliphatic carbocycles. The van der Waals surface area contributed by atoms with Gasteiger partial charge in [-0.2, -0.15) is 0 Å². The van der Waals surface area contributed by atoms with Crippen molar-refractivity contribution >= 4 is 15.7 Å². The molecule has 8 heteroatoms. The van der Waals surface area contributed by atoms with Crippen LogP contribution in [0.5, 0.6) is 0 Å². The summed E-state index contributed by atoms with van der Waals surface area (Å²) in [6, 6.07) is 10.9. The number of nitrogens with one attached hydrogen (secondary N) is 1. The summed E-state index contributed by atoms with van der Waals surface area (Å²) in [5.74, 6) is 0. The number of benzene rings is 1. The minimum atomic E-state index is -3.61. The van der Waals surface area contributed by atoms with Crippen LogP contribution in [0.3, 0.4) is 0 Å². The molecule has 0 radical (unpaired) electrons. The molecule has 0 saturated heterocycles. The number of hydrogen-bond donors (Lipinski definition) is 1. The molecule has 0 aliphatic heterocycles. The molecule has 7 nitrogen and oxygen atoms in total. The van der Waals surface area contributed by atoms with Gasteiger partial charge in [0, 0.05) is 16.8 Å². The summed E-state index contributed by atoms with van der Waals surface area (Å²) < 4.78 is 26.5. The van der Waals surface area contributed by atoms with E-state index in [0.717, 1.165) is 0 Å². The molecule has 0 unspecified atom stereocenters. The predicted molar refractivity (Wildman–Crippen MR) is 73.5 cm³/mol. The number of hydrogen-bond acceptors (Lipinski definition) is 4. The average Bonchev–Trinajstić information content (AvgIpc) is 2.47. The lowest BCUT2D eigenvalue weighted by Gasteiger charge is -2.06. The van der Waals surface area contributed by atoms with Crippen molar-refractivity contribution in [3.8, 4) is 0 Å². The second kappa shape index (κ2) is 6.16. The first-order valence-electron chi connectivity index (χ1n) is 5.66. The molecule has 1 heterocycles. The van der Waals surface area contributed by atoms with Crippen LogP contribution in [-0.4, -0.2) is 13.4 Å². The molecule has 0 atom stereocenters. The van der Waals surface area contributed by atoms with Gasteiger partial charge >= 0.3 is 0 Å². The number of nitrogens with zero attached hydrogens (tertiary/aromatic N) is 4. The first-order chi connectivity index (χ1) is 9.62. The van der Waals surface area contributed by atoms with Crippen LogP contribution in [0.2, 0.25) is 0 Å². The minimum Gasteiger partial charge on any atom is -0.260 e. The summed E-state index contributed by atoms with van der Waals surface area (Å²) in [7, 11) is -3.61. The Hall–Kier alpha value is -2.41. The lowest BCUT2D eigenvalue weighted by molar-refractivity contribution is 0.580. The summed E-state index contributed by atoms with van der Waals surface area (Å²) in [5, 5.41) is 3.38. The summed E-state index contributed by atoms with van der Waals surface area (Å²) >= 11 is 0. The Morgan fingerprint density at radius 3 is 2.55 bits per heavy atom. The highest BCUT2D eigenvalue weighted by molar-refractivity contribution is 7.89. The van der Waals surface area contributed by atoms with Gasteiger partial charge in [-0.3, -0.25) is 4.98 Å². The van der Waals surface area contributed by atoms with Gasteiger partial charge in [0.15, 0.2) is 0 Å². The molecule has 102 valence electrons. The van der Waals surface area contributed by atoms with E-state index in [1.165, 1.54) is 24.3 Å². The maximum absolute atomic E-state index is 12.0. The summed E-state index contributed by atoms with van der Waals surface area (Å²) in [6.45, 7) is 0.112. The lowest BCUT2D eigenvalue weighted by Crippen LogP contribution is -2.23. The van der Waals surface area contributed by atoms with Gasteiger partial charge in [-0.1, -0.05) is 23.3 Å². The number of pyridine rings is 1. The van der Waals surface area contributed by atoms with Crippen LogP contribution in [-0.2, 0) is 16.6 Å². The topological polar surface area (TPSA) is 108 Å². The Balaban J connectivity index is 2.12. The third-order valence-corrected chi connectivity index (χ3v) is 3.89. The second-order valence-corrected chi connectivity index (χ2v) is 5.60. The standard InChI is InChI=1S/C12H11N5O2S/c13-17-16-10-4-6-12(7-5-10)20(18,19)15-9-11-3-1-2-8-14-11/h1-8,15H,9H2. The van der Waals surface area contributed by atoms with E-state index in [0.29, 0.717) is 11.4 Å². The maximum atomic E-state index is 12.0. The van der Waals surface area contributed by atoms with Gasteiger partial charge in [0.05, 0.1) is 17.1 Å². The van der Waals surface area contributed by atoms with Gasteiger partial charge in [0.1, 0.15) is 0 Å². The Kier molecular flexibility index (Phi) is 4.31. The maximum Gasteiger partial charge on any atom is 0.240 e. The lowest BCUT2D eigenvalue weighted by atomic mass is 10.3. The van der Waals surface area contributed by atoms with Crippen molar-refractivity contribution in [3.63, 3.8) is 0 Å². The monoisotopic (exact) mass is 289 g/mol. The molecular formula is C12H11N5O2S. The zero-order valence-corrected chi connectivity index (χ0v) is 11.2. The molecule has 0 amide bonds. The van der Waals surface area contributed by atoms with Crippen molar-refractivity contribution in [2.75, 3.05) is 0 Å². The highest BCUT2D eigenvalue weighted by atomic mass is 32.2. The SMILES string of the molecule is [N-]=[N+]=Nc1ccc(S(=O)(=O)NCc2ccccn2)cc1. The van der Waals surface area contributed by atoms with E-state index in [1.54, 1.807) is 24.4 Å².